The minimum absolute atomic E-state index is 0.274. The Morgan fingerprint density at radius 1 is 0.909 bits per heavy atom. The van der Waals surface area contributed by atoms with Crippen LogP contribution < -0.4 is 0 Å². The molecular formula is C13H11ClN2O5S. The summed E-state index contributed by atoms with van der Waals surface area (Å²) in [5.74, 6) is 0.433. The van der Waals surface area contributed by atoms with Crippen LogP contribution in [0.2, 0.25) is 0 Å². The Morgan fingerprint density at radius 3 is 1.82 bits per heavy atom. The smallest absolute Gasteiger partial charge is 0.276 e. The molecule has 0 N–H and O–H groups in total. The standard InChI is InChI=1S/C7H7ClOS.C6H4N2O4/c8-10(9)6-7-4-2-1-3-5-7;9-7(10)5-2-1-3-6(4-5)8(11)12/h1-5H,6H2;1-4H. The van der Waals surface area contributed by atoms with Gasteiger partial charge in [0.15, 0.2) is 10.7 Å². The van der Waals surface area contributed by atoms with Crippen molar-refractivity contribution in [3.05, 3.63) is 80.4 Å². The third kappa shape index (κ3) is 6.53. The van der Waals surface area contributed by atoms with Gasteiger partial charge in [0.05, 0.1) is 26.3 Å². The summed E-state index contributed by atoms with van der Waals surface area (Å²) in [4.78, 5) is 19.0. The molecule has 0 aliphatic carbocycles. The molecule has 116 valence electrons. The van der Waals surface area contributed by atoms with Crippen LogP contribution in [-0.2, 0) is 16.1 Å². The molecule has 7 nitrogen and oxygen atoms in total. The number of hydrogen-bond acceptors (Lipinski definition) is 5. The van der Waals surface area contributed by atoms with Crippen LogP contribution in [0.4, 0.5) is 11.4 Å². The lowest BCUT2D eigenvalue weighted by Gasteiger charge is -1.98. The second kappa shape index (κ2) is 8.98. The molecule has 22 heavy (non-hydrogen) atoms. The van der Waals surface area contributed by atoms with Crippen molar-refractivity contribution in [2.24, 2.45) is 0 Å². The lowest BCUT2D eigenvalue weighted by atomic mass is 10.2. The third-order valence-electron chi connectivity index (χ3n) is 2.37. The van der Waals surface area contributed by atoms with E-state index in [1.165, 1.54) is 18.2 Å². The van der Waals surface area contributed by atoms with E-state index in [2.05, 4.69) is 0 Å². The number of halogens is 1. The Hall–Kier alpha value is -2.16. The Kier molecular flexibility index (Phi) is 7.30. The van der Waals surface area contributed by atoms with Gasteiger partial charge in [0.1, 0.15) is 5.75 Å². The zero-order chi connectivity index (χ0) is 16.5. The first-order valence-corrected chi connectivity index (χ1v) is 8.02. The first-order valence-electron chi connectivity index (χ1n) is 5.87. The van der Waals surface area contributed by atoms with Crippen LogP contribution in [0, 0.1) is 20.2 Å². The van der Waals surface area contributed by atoms with Crippen molar-refractivity contribution in [1.82, 2.24) is 0 Å². The fraction of sp³-hybridized carbons (Fsp3) is 0.0769. The highest BCUT2D eigenvalue weighted by Crippen LogP contribution is 2.18. The van der Waals surface area contributed by atoms with E-state index in [0.717, 1.165) is 11.6 Å². The summed E-state index contributed by atoms with van der Waals surface area (Å²) in [6.07, 6.45) is 0. The van der Waals surface area contributed by atoms with Crippen LogP contribution in [0.3, 0.4) is 0 Å². The van der Waals surface area contributed by atoms with E-state index < -0.39 is 20.2 Å². The molecular weight excluding hydrogens is 332 g/mol. The van der Waals surface area contributed by atoms with Gasteiger partial charge in [-0.05, 0) is 6.07 Å². The molecule has 0 amide bonds. The Morgan fingerprint density at radius 2 is 1.41 bits per heavy atom. The van der Waals surface area contributed by atoms with Gasteiger partial charge in [-0.1, -0.05) is 30.3 Å². The van der Waals surface area contributed by atoms with E-state index in [-0.39, 0.29) is 11.4 Å². The largest absolute Gasteiger partial charge is 0.599 e. The second-order valence-electron chi connectivity index (χ2n) is 3.95. The number of rotatable bonds is 4. The van der Waals surface area contributed by atoms with Crippen LogP contribution in [0.15, 0.2) is 54.6 Å². The second-order valence-corrected chi connectivity index (χ2v) is 5.86. The molecule has 0 fully saturated rings. The number of nitrogens with zero attached hydrogens (tertiary/aromatic N) is 2. The minimum Gasteiger partial charge on any atom is -0.599 e. The highest BCUT2D eigenvalue weighted by atomic mass is 35.7. The maximum atomic E-state index is 10.5. The van der Waals surface area contributed by atoms with E-state index in [1.54, 1.807) is 0 Å². The molecule has 0 saturated heterocycles. The topological polar surface area (TPSA) is 109 Å². The fourth-order valence-electron chi connectivity index (χ4n) is 1.43. The van der Waals surface area contributed by atoms with E-state index in [1.807, 2.05) is 30.3 Å². The van der Waals surface area contributed by atoms with Crippen molar-refractivity contribution >= 4 is 32.4 Å². The lowest BCUT2D eigenvalue weighted by molar-refractivity contribution is -0.394. The molecule has 0 spiro atoms. The van der Waals surface area contributed by atoms with Crippen LogP contribution in [0.5, 0.6) is 0 Å². The van der Waals surface area contributed by atoms with Gasteiger partial charge in [-0.15, -0.1) is 0 Å². The Bertz CT molecular complexity index is 610. The van der Waals surface area contributed by atoms with Crippen LogP contribution >= 0.6 is 10.7 Å². The zero-order valence-electron chi connectivity index (χ0n) is 11.1. The van der Waals surface area contributed by atoms with Gasteiger partial charge in [0, 0.05) is 17.7 Å². The normalized spacial score (nSPS) is 11.0. The van der Waals surface area contributed by atoms with Gasteiger partial charge in [-0.3, -0.25) is 20.2 Å². The highest BCUT2D eigenvalue weighted by molar-refractivity contribution is 8.13. The van der Waals surface area contributed by atoms with Crippen LogP contribution in [0.25, 0.3) is 0 Å². The summed E-state index contributed by atoms with van der Waals surface area (Å²) >= 11 is 0. The number of non-ortho nitro benzene ring substituents is 2. The molecule has 0 saturated carbocycles. The van der Waals surface area contributed by atoms with Gasteiger partial charge in [-0.2, -0.15) is 0 Å². The number of nitro groups is 2. The number of nitro benzene ring substituents is 2. The van der Waals surface area contributed by atoms with Gasteiger partial charge >= 0.3 is 0 Å². The predicted molar refractivity (Wildman–Crippen MR) is 83.9 cm³/mol. The van der Waals surface area contributed by atoms with E-state index in [9.17, 15) is 24.8 Å². The van der Waals surface area contributed by atoms with E-state index >= 15 is 0 Å². The summed E-state index contributed by atoms with van der Waals surface area (Å²) < 4.78 is 10.5. The fourth-order valence-corrected chi connectivity index (χ4v) is 2.26. The molecule has 0 aromatic heterocycles. The molecule has 0 aliphatic heterocycles. The highest BCUT2D eigenvalue weighted by Gasteiger charge is 2.11. The Balaban J connectivity index is 0.000000224. The number of benzene rings is 2. The molecule has 0 heterocycles. The number of hydrogen-bond donors (Lipinski definition) is 0. The van der Waals surface area contributed by atoms with Crippen LogP contribution in [-0.4, -0.2) is 14.4 Å². The molecule has 2 aromatic rings. The van der Waals surface area contributed by atoms with Crippen molar-refractivity contribution in [2.45, 2.75) is 5.75 Å². The molecule has 0 bridgehead atoms. The molecule has 0 aliphatic rings. The van der Waals surface area contributed by atoms with Crippen molar-refractivity contribution in [1.29, 1.82) is 0 Å². The van der Waals surface area contributed by atoms with Gasteiger partial charge in [0.2, 0.25) is 0 Å². The molecule has 1 atom stereocenters. The average molecular weight is 343 g/mol. The summed E-state index contributed by atoms with van der Waals surface area (Å²) in [6.45, 7) is 0. The summed E-state index contributed by atoms with van der Waals surface area (Å²) in [6, 6.07) is 14.1. The molecule has 2 rings (SSSR count). The van der Waals surface area contributed by atoms with Crippen molar-refractivity contribution in [3.63, 3.8) is 0 Å². The molecule has 1 unspecified atom stereocenters. The summed E-state index contributed by atoms with van der Waals surface area (Å²) in [7, 11) is 4.04. The maximum Gasteiger partial charge on any atom is 0.276 e. The van der Waals surface area contributed by atoms with Gasteiger partial charge < -0.3 is 4.55 Å². The molecule has 0 radical (unpaired) electrons. The van der Waals surface area contributed by atoms with E-state index in [4.69, 9.17) is 10.7 Å². The SMILES string of the molecule is O=[N+]([O-])c1cccc([N+](=O)[O-])c1.[O-][S+](Cl)Cc1ccccc1. The van der Waals surface area contributed by atoms with E-state index in [0.29, 0.717) is 5.75 Å². The van der Waals surface area contributed by atoms with Gasteiger partial charge in [-0.25, -0.2) is 0 Å². The summed E-state index contributed by atoms with van der Waals surface area (Å²) in [5, 5.41) is 20.3. The average Bonchev–Trinajstić information content (AvgIpc) is 2.48. The van der Waals surface area contributed by atoms with Crippen molar-refractivity contribution in [2.75, 3.05) is 0 Å². The summed E-state index contributed by atoms with van der Waals surface area (Å²) in [5.41, 5.74) is 0.462. The Labute approximate surface area is 133 Å². The molecule has 9 heteroatoms. The van der Waals surface area contributed by atoms with Crippen molar-refractivity contribution in [3.8, 4) is 0 Å². The monoisotopic (exact) mass is 342 g/mol. The lowest BCUT2D eigenvalue weighted by Crippen LogP contribution is -1.93. The zero-order valence-corrected chi connectivity index (χ0v) is 12.7. The quantitative estimate of drug-likeness (QED) is 0.479. The van der Waals surface area contributed by atoms with Gasteiger partial charge in [0.25, 0.3) is 11.4 Å². The van der Waals surface area contributed by atoms with Crippen LogP contribution in [0.1, 0.15) is 5.56 Å². The molecule has 2 aromatic carbocycles. The predicted octanol–water partition coefficient (Wildman–Crippen LogP) is 3.59. The first-order chi connectivity index (χ1) is 10.4. The third-order valence-corrected chi connectivity index (χ3v) is 3.26. The first kappa shape index (κ1) is 17.9. The maximum absolute atomic E-state index is 10.5. The minimum atomic E-state index is -1.24. The van der Waals surface area contributed by atoms with Crippen molar-refractivity contribution < 1.29 is 14.4 Å².